The molecule has 0 spiro atoms. The SMILES string of the molecule is C#CCNC(=O)c1cc(Cl)c(OCCC(C)C)c(OC)c1. The Morgan fingerprint density at radius 2 is 2.19 bits per heavy atom. The molecule has 1 amide bonds. The number of methoxy groups -OCH3 is 1. The Kier molecular flexibility index (Phi) is 6.90. The van der Waals surface area contributed by atoms with Crippen molar-refractivity contribution in [1.29, 1.82) is 0 Å². The molecule has 21 heavy (non-hydrogen) atoms. The second kappa shape index (κ2) is 8.43. The van der Waals surface area contributed by atoms with Gasteiger partial charge in [-0.2, -0.15) is 0 Å². The van der Waals surface area contributed by atoms with E-state index in [2.05, 4.69) is 25.1 Å². The van der Waals surface area contributed by atoms with Crippen molar-refractivity contribution in [2.45, 2.75) is 20.3 Å². The maximum atomic E-state index is 11.9. The van der Waals surface area contributed by atoms with Crippen LogP contribution in [-0.4, -0.2) is 26.2 Å². The molecule has 0 saturated carbocycles. The van der Waals surface area contributed by atoms with Crippen molar-refractivity contribution in [3.8, 4) is 23.8 Å². The van der Waals surface area contributed by atoms with Gasteiger partial charge in [0.2, 0.25) is 0 Å². The third-order valence-electron chi connectivity index (χ3n) is 2.78. The summed E-state index contributed by atoms with van der Waals surface area (Å²) < 4.78 is 10.9. The van der Waals surface area contributed by atoms with E-state index in [1.165, 1.54) is 7.11 Å². The van der Waals surface area contributed by atoms with Gasteiger partial charge in [0.15, 0.2) is 11.5 Å². The maximum Gasteiger partial charge on any atom is 0.252 e. The van der Waals surface area contributed by atoms with Gasteiger partial charge in [-0.15, -0.1) is 6.42 Å². The highest BCUT2D eigenvalue weighted by Gasteiger charge is 2.15. The standard InChI is InChI=1S/C16H20ClNO3/c1-5-7-18-16(19)12-9-13(17)15(14(10-12)20-4)21-8-6-11(2)3/h1,9-11H,6-8H2,2-4H3,(H,18,19). The van der Waals surface area contributed by atoms with E-state index in [-0.39, 0.29) is 12.5 Å². The van der Waals surface area contributed by atoms with Crippen molar-refractivity contribution in [3.05, 3.63) is 22.7 Å². The van der Waals surface area contributed by atoms with Crippen LogP contribution in [0.25, 0.3) is 0 Å². The Morgan fingerprint density at radius 1 is 1.48 bits per heavy atom. The molecule has 0 fully saturated rings. The molecule has 1 N–H and O–H groups in total. The van der Waals surface area contributed by atoms with Gasteiger partial charge >= 0.3 is 0 Å². The molecule has 114 valence electrons. The molecule has 5 heteroatoms. The zero-order chi connectivity index (χ0) is 15.8. The molecule has 4 nitrogen and oxygen atoms in total. The number of terminal acetylenes is 1. The van der Waals surface area contributed by atoms with Crippen LogP contribution in [0.3, 0.4) is 0 Å². The third-order valence-corrected chi connectivity index (χ3v) is 3.06. The predicted molar refractivity (Wildman–Crippen MR) is 84.1 cm³/mol. The van der Waals surface area contributed by atoms with Crippen LogP contribution in [0.15, 0.2) is 12.1 Å². The maximum absolute atomic E-state index is 11.9. The first kappa shape index (κ1) is 17.2. The van der Waals surface area contributed by atoms with Crippen LogP contribution in [0, 0.1) is 18.3 Å². The molecule has 0 aliphatic heterocycles. The Hall–Kier alpha value is -1.86. The second-order valence-corrected chi connectivity index (χ2v) is 5.31. The lowest BCUT2D eigenvalue weighted by molar-refractivity contribution is 0.0958. The number of benzene rings is 1. The predicted octanol–water partition coefficient (Wildman–Crippen LogP) is 3.14. The largest absolute Gasteiger partial charge is 0.493 e. The number of carbonyl (C=O) groups is 1. The van der Waals surface area contributed by atoms with Crippen LogP contribution in [0.2, 0.25) is 5.02 Å². The topological polar surface area (TPSA) is 47.6 Å². The Bertz CT molecular complexity index is 535. The number of hydrogen-bond acceptors (Lipinski definition) is 3. The van der Waals surface area contributed by atoms with Crippen molar-refractivity contribution < 1.29 is 14.3 Å². The Morgan fingerprint density at radius 3 is 2.76 bits per heavy atom. The summed E-state index contributed by atoms with van der Waals surface area (Å²) in [6, 6.07) is 3.13. The summed E-state index contributed by atoms with van der Waals surface area (Å²) in [5.74, 6) is 3.45. The fraction of sp³-hybridized carbons (Fsp3) is 0.438. The molecule has 1 rings (SSSR count). The number of ether oxygens (including phenoxy) is 2. The first-order chi connectivity index (χ1) is 9.99. The molecule has 1 aromatic rings. The highest BCUT2D eigenvalue weighted by molar-refractivity contribution is 6.32. The first-order valence-electron chi connectivity index (χ1n) is 6.71. The molecule has 0 saturated heterocycles. The van der Waals surface area contributed by atoms with E-state index < -0.39 is 0 Å². The van der Waals surface area contributed by atoms with Crippen LogP contribution in [0.5, 0.6) is 11.5 Å². The smallest absolute Gasteiger partial charge is 0.252 e. The highest BCUT2D eigenvalue weighted by atomic mass is 35.5. The van der Waals surface area contributed by atoms with Gasteiger partial charge in [-0.05, 0) is 24.5 Å². The zero-order valence-electron chi connectivity index (χ0n) is 12.5. The lowest BCUT2D eigenvalue weighted by Crippen LogP contribution is -2.23. The van der Waals surface area contributed by atoms with Crippen molar-refractivity contribution in [2.24, 2.45) is 5.92 Å². The number of carbonyl (C=O) groups excluding carboxylic acids is 1. The van der Waals surface area contributed by atoms with Gasteiger partial charge in [0.1, 0.15) is 0 Å². The molecule has 0 unspecified atom stereocenters. The minimum Gasteiger partial charge on any atom is -0.493 e. The summed E-state index contributed by atoms with van der Waals surface area (Å²) in [6.07, 6.45) is 6.02. The summed E-state index contributed by atoms with van der Waals surface area (Å²) in [4.78, 5) is 11.9. The summed E-state index contributed by atoms with van der Waals surface area (Å²) in [7, 11) is 1.50. The van der Waals surface area contributed by atoms with E-state index in [4.69, 9.17) is 27.5 Å². The van der Waals surface area contributed by atoms with Gasteiger partial charge in [0, 0.05) is 5.56 Å². The molecule has 0 atom stereocenters. The monoisotopic (exact) mass is 309 g/mol. The van der Waals surface area contributed by atoms with Crippen LogP contribution >= 0.6 is 11.6 Å². The molecular weight excluding hydrogens is 290 g/mol. The fourth-order valence-electron chi connectivity index (χ4n) is 1.62. The molecule has 0 aromatic heterocycles. The number of amides is 1. The minimum atomic E-state index is -0.304. The molecule has 0 radical (unpaired) electrons. The van der Waals surface area contributed by atoms with Crippen molar-refractivity contribution in [1.82, 2.24) is 5.32 Å². The minimum absolute atomic E-state index is 0.158. The number of nitrogens with one attached hydrogen (secondary N) is 1. The Labute approximate surface area is 130 Å². The van der Waals surface area contributed by atoms with E-state index in [0.29, 0.717) is 34.6 Å². The van der Waals surface area contributed by atoms with Crippen LogP contribution in [0.4, 0.5) is 0 Å². The number of halogens is 1. The van der Waals surface area contributed by atoms with Crippen LogP contribution < -0.4 is 14.8 Å². The van der Waals surface area contributed by atoms with Crippen molar-refractivity contribution >= 4 is 17.5 Å². The summed E-state index contributed by atoms with van der Waals surface area (Å²) in [6.45, 7) is 4.92. The lowest BCUT2D eigenvalue weighted by Gasteiger charge is -2.14. The van der Waals surface area contributed by atoms with Crippen LogP contribution in [-0.2, 0) is 0 Å². The second-order valence-electron chi connectivity index (χ2n) is 4.91. The number of hydrogen-bond donors (Lipinski definition) is 1. The van der Waals surface area contributed by atoms with Crippen LogP contribution in [0.1, 0.15) is 30.6 Å². The van der Waals surface area contributed by atoms with Crippen molar-refractivity contribution in [2.75, 3.05) is 20.3 Å². The summed E-state index contributed by atoms with van der Waals surface area (Å²) in [5.41, 5.74) is 0.378. The van der Waals surface area contributed by atoms with Gasteiger partial charge in [-0.1, -0.05) is 31.4 Å². The normalized spacial score (nSPS) is 10.1. The molecule has 0 heterocycles. The van der Waals surface area contributed by atoms with E-state index in [0.717, 1.165) is 6.42 Å². The molecule has 1 aromatic carbocycles. The van der Waals surface area contributed by atoms with Gasteiger partial charge in [0.05, 0.1) is 25.3 Å². The van der Waals surface area contributed by atoms with E-state index in [1.54, 1.807) is 12.1 Å². The molecule has 0 aliphatic carbocycles. The lowest BCUT2D eigenvalue weighted by atomic mass is 10.1. The molecule has 0 bridgehead atoms. The average molecular weight is 310 g/mol. The first-order valence-corrected chi connectivity index (χ1v) is 7.09. The van der Waals surface area contributed by atoms with Gasteiger partial charge < -0.3 is 14.8 Å². The van der Waals surface area contributed by atoms with E-state index in [1.807, 2.05) is 0 Å². The van der Waals surface area contributed by atoms with Gasteiger partial charge in [0.25, 0.3) is 5.91 Å². The molecular formula is C16H20ClNO3. The van der Waals surface area contributed by atoms with E-state index >= 15 is 0 Å². The third kappa shape index (κ3) is 5.20. The zero-order valence-corrected chi connectivity index (χ0v) is 13.3. The highest BCUT2D eigenvalue weighted by Crippen LogP contribution is 2.36. The van der Waals surface area contributed by atoms with Gasteiger partial charge in [-0.3, -0.25) is 4.79 Å². The fourth-order valence-corrected chi connectivity index (χ4v) is 1.89. The average Bonchev–Trinajstić information content (AvgIpc) is 2.45. The number of rotatable bonds is 7. The quantitative estimate of drug-likeness (QED) is 0.787. The Balaban J connectivity index is 2.91. The summed E-state index contributed by atoms with van der Waals surface area (Å²) in [5, 5.41) is 2.91. The van der Waals surface area contributed by atoms with Crippen molar-refractivity contribution in [3.63, 3.8) is 0 Å². The molecule has 0 aliphatic rings. The van der Waals surface area contributed by atoms with Gasteiger partial charge in [-0.25, -0.2) is 0 Å². The van der Waals surface area contributed by atoms with E-state index in [9.17, 15) is 4.79 Å². The summed E-state index contributed by atoms with van der Waals surface area (Å²) >= 11 is 6.18.